The van der Waals surface area contributed by atoms with Gasteiger partial charge in [-0.3, -0.25) is 0 Å². The molecule has 1 atom stereocenters. The van der Waals surface area contributed by atoms with E-state index in [1.165, 1.54) is 11.3 Å². The maximum atomic E-state index is 13.1. The molecule has 1 aromatic heterocycles. The molecule has 0 amide bonds. The van der Waals surface area contributed by atoms with Gasteiger partial charge in [-0.1, -0.05) is 0 Å². The summed E-state index contributed by atoms with van der Waals surface area (Å²) in [5, 5.41) is 1.85. The Morgan fingerprint density at radius 3 is 2.24 bits per heavy atom. The summed E-state index contributed by atoms with van der Waals surface area (Å²) in [4.78, 5) is 0.975. The Labute approximate surface area is 101 Å². The number of nitrogens with two attached hydrogens (primary N) is 1. The minimum absolute atomic E-state index is 0.225. The van der Waals surface area contributed by atoms with Crippen LogP contribution in [-0.4, -0.2) is 0 Å². The molecule has 0 aliphatic heterocycles. The van der Waals surface area contributed by atoms with Gasteiger partial charge >= 0.3 is 0 Å². The van der Waals surface area contributed by atoms with Crippen LogP contribution in [0, 0.1) is 24.4 Å². The van der Waals surface area contributed by atoms with Gasteiger partial charge in [-0.25, -0.2) is 13.2 Å². The lowest BCUT2D eigenvalue weighted by Gasteiger charge is -2.12. The van der Waals surface area contributed by atoms with Gasteiger partial charge in [0.05, 0.1) is 6.04 Å². The molecule has 0 saturated carbocycles. The SMILES string of the molecule is Cc1sccc1C(N)c1cc(F)c(F)c(F)c1. The zero-order valence-electron chi connectivity index (χ0n) is 9.01. The summed E-state index contributed by atoms with van der Waals surface area (Å²) in [5.74, 6) is -3.91. The monoisotopic (exact) mass is 257 g/mol. The molecule has 1 unspecified atom stereocenters. The predicted octanol–water partition coefficient (Wildman–Crippen LogP) is 3.52. The molecular weight excluding hydrogens is 247 g/mol. The molecule has 0 aliphatic carbocycles. The van der Waals surface area contributed by atoms with Crippen LogP contribution in [0.3, 0.4) is 0 Å². The van der Waals surface area contributed by atoms with Gasteiger partial charge in [-0.15, -0.1) is 11.3 Å². The van der Waals surface area contributed by atoms with E-state index in [4.69, 9.17) is 5.73 Å². The van der Waals surface area contributed by atoms with Gasteiger partial charge in [0.15, 0.2) is 17.5 Å². The number of hydrogen-bond donors (Lipinski definition) is 1. The molecule has 0 spiro atoms. The molecule has 0 saturated heterocycles. The summed E-state index contributed by atoms with van der Waals surface area (Å²) in [5.41, 5.74) is 6.92. The van der Waals surface area contributed by atoms with E-state index in [9.17, 15) is 13.2 Å². The number of thiophene rings is 1. The smallest absolute Gasteiger partial charge is 0.194 e. The minimum atomic E-state index is -1.47. The van der Waals surface area contributed by atoms with Crippen LogP contribution in [0.1, 0.15) is 22.0 Å². The number of halogens is 3. The lowest BCUT2D eigenvalue weighted by atomic mass is 10.00. The van der Waals surface area contributed by atoms with E-state index < -0.39 is 23.5 Å². The number of aryl methyl sites for hydroxylation is 1. The van der Waals surface area contributed by atoms with Gasteiger partial charge in [0.25, 0.3) is 0 Å². The Morgan fingerprint density at radius 2 is 1.76 bits per heavy atom. The van der Waals surface area contributed by atoms with E-state index in [1.54, 1.807) is 6.07 Å². The zero-order valence-corrected chi connectivity index (χ0v) is 9.82. The molecule has 90 valence electrons. The molecule has 2 N–H and O–H groups in total. The number of hydrogen-bond acceptors (Lipinski definition) is 2. The topological polar surface area (TPSA) is 26.0 Å². The van der Waals surface area contributed by atoms with Crippen LogP contribution in [0.2, 0.25) is 0 Å². The normalized spacial score (nSPS) is 12.8. The second-order valence-corrected chi connectivity index (χ2v) is 4.83. The van der Waals surface area contributed by atoms with Crippen molar-refractivity contribution in [1.29, 1.82) is 0 Å². The maximum Gasteiger partial charge on any atom is 0.194 e. The van der Waals surface area contributed by atoms with Crippen molar-refractivity contribution in [3.05, 3.63) is 57.0 Å². The first-order chi connectivity index (χ1) is 8.00. The van der Waals surface area contributed by atoms with E-state index in [0.717, 1.165) is 22.6 Å². The molecule has 0 fully saturated rings. The van der Waals surface area contributed by atoms with E-state index in [2.05, 4.69) is 0 Å². The average molecular weight is 257 g/mol. The summed E-state index contributed by atoms with van der Waals surface area (Å²) in [6.45, 7) is 1.87. The van der Waals surface area contributed by atoms with Gasteiger partial charge in [-0.2, -0.15) is 0 Å². The first-order valence-corrected chi connectivity index (χ1v) is 5.82. The molecule has 5 heteroatoms. The van der Waals surface area contributed by atoms with Crippen LogP contribution >= 0.6 is 11.3 Å². The van der Waals surface area contributed by atoms with Gasteiger partial charge in [-0.05, 0) is 41.6 Å². The molecule has 1 nitrogen and oxygen atoms in total. The molecule has 2 aromatic rings. The summed E-state index contributed by atoms with van der Waals surface area (Å²) in [6.07, 6.45) is 0. The fourth-order valence-corrected chi connectivity index (χ4v) is 2.40. The molecular formula is C12H10F3NS. The van der Waals surface area contributed by atoms with Gasteiger partial charge in [0.2, 0.25) is 0 Å². The highest BCUT2D eigenvalue weighted by molar-refractivity contribution is 7.10. The molecule has 1 aromatic carbocycles. The van der Waals surface area contributed by atoms with Crippen LogP contribution < -0.4 is 5.73 Å². The van der Waals surface area contributed by atoms with Crippen molar-refractivity contribution in [2.75, 3.05) is 0 Å². The lowest BCUT2D eigenvalue weighted by Crippen LogP contribution is -2.13. The standard InChI is InChI=1S/C12H10F3NS/c1-6-8(2-3-17-6)12(16)7-4-9(13)11(15)10(14)5-7/h2-5,12H,16H2,1H3. The first-order valence-electron chi connectivity index (χ1n) is 4.94. The van der Waals surface area contributed by atoms with Crippen LogP contribution in [0.15, 0.2) is 23.6 Å². The molecule has 2 rings (SSSR count). The highest BCUT2D eigenvalue weighted by atomic mass is 32.1. The van der Waals surface area contributed by atoms with Crippen molar-refractivity contribution in [1.82, 2.24) is 0 Å². The predicted molar refractivity (Wildman–Crippen MR) is 61.4 cm³/mol. The quantitative estimate of drug-likeness (QED) is 0.818. The summed E-state index contributed by atoms with van der Waals surface area (Å²) >= 11 is 1.50. The van der Waals surface area contributed by atoms with Crippen molar-refractivity contribution < 1.29 is 13.2 Å². The van der Waals surface area contributed by atoms with Crippen LogP contribution in [0.25, 0.3) is 0 Å². The van der Waals surface area contributed by atoms with E-state index in [0.29, 0.717) is 0 Å². The average Bonchev–Trinajstić information content (AvgIpc) is 2.70. The highest BCUT2D eigenvalue weighted by Crippen LogP contribution is 2.27. The second-order valence-electron chi connectivity index (χ2n) is 3.71. The van der Waals surface area contributed by atoms with Crippen molar-refractivity contribution in [3.63, 3.8) is 0 Å². The first kappa shape index (κ1) is 12.1. The van der Waals surface area contributed by atoms with Gasteiger partial charge < -0.3 is 5.73 Å². The molecule has 0 bridgehead atoms. The van der Waals surface area contributed by atoms with Gasteiger partial charge in [0.1, 0.15) is 0 Å². The Morgan fingerprint density at radius 1 is 1.18 bits per heavy atom. The zero-order chi connectivity index (χ0) is 12.6. The van der Waals surface area contributed by atoms with Gasteiger partial charge in [0, 0.05) is 4.88 Å². The molecule has 0 aliphatic rings. The lowest BCUT2D eigenvalue weighted by molar-refractivity contribution is 0.444. The van der Waals surface area contributed by atoms with Crippen molar-refractivity contribution in [3.8, 4) is 0 Å². The number of benzene rings is 1. The Hall–Kier alpha value is -1.33. The largest absolute Gasteiger partial charge is 0.320 e. The summed E-state index contributed by atoms with van der Waals surface area (Å²) in [7, 11) is 0. The fourth-order valence-electron chi connectivity index (χ4n) is 1.65. The third kappa shape index (κ3) is 2.21. The molecule has 17 heavy (non-hydrogen) atoms. The van der Waals surface area contributed by atoms with Crippen LogP contribution in [-0.2, 0) is 0 Å². The summed E-state index contributed by atoms with van der Waals surface area (Å²) < 4.78 is 39.0. The fraction of sp³-hybridized carbons (Fsp3) is 0.167. The van der Waals surface area contributed by atoms with Crippen molar-refractivity contribution >= 4 is 11.3 Å². The highest BCUT2D eigenvalue weighted by Gasteiger charge is 2.17. The van der Waals surface area contributed by atoms with Crippen LogP contribution in [0.4, 0.5) is 13.2 Å². The molecule has 0 radical (unpaired) electrons. The minimum Gasteiger partial charge on any atom is -0.320 e. The van der Waals surface area contributed by atoms with E-state index in [-0.39, 0.29) is 5.56 Å². The maximum absolute atomic E-state index is 13.1. The second kappa shape index (κ2) is 4.50. The van der Waals surface area contributed by atoms with Crippen molar-refractivity contribution in [2.24, 2.45) is 5.73 Å². The number of rotatable bonds is 2. The third-order valence-corrected chi connectivity index (χ3v) is 3.46. The Balaban J connectivity index is 2.45. The Bertz CT molecular complexity index is 527. The van der Waals surface area contributed by atoms with E-state index >= 15 is 0 Å². The van der Waals surface area contributed by atoms with Crippen LogP contribution in [0.5, 0.6) is 0 Å². The van der Waals surface area contributed by atoms with E-state index in [1.807, 2.05) is 12.3 Å². The molecule has 1 heterocycles. The summed E-state index contributed by atoms with van der Waals surface area (Å²) in [6, 6.07) is 3.01. The third-order valence-electron chi connectivity index (χ3n) is 2.60. The Kier molecular flexibility index (Phi) is 3.22. The van der Waals surface area contributed by atoms with Crippen molar-refractivity contribution in [2.45, 2.75) is 13.0 Å².